The van der Waals surface area contributed by atoms with Crippen LogP contribution in [0.1, 0.15) is 44.9 Å². The maximum atomic E-state index is 11.5. The summed E-state index contributed by atoms with van der Waals surface area (Å²) in [4.78, 5) is 22.8. The van der Waals surface area contributed by atoms with Crippen LogP contribution in [0.3, 0.4) is 0 Å². The van der Waals surface area contributed by atoms with Crippen LogP contribution in [0.4, 0.5) is 0 Å². The van der Waals surface area contributed by atoms with Crippen molar-refractivity contribution < 1.29 is 19.1 Å². The molecule has 7 heteroatoms. The lowest BCUT2D eigenvalue weighted by molar-refractivity contribution is -0.151. The highest BCUT2D eigenvalue weighted by molar-refractivity contribution is 6.67. The molecule has 0 aromatic carbocycles. The zero-order valence-electron chi connectivity index (χ0n) is 11.2. The third-order valence-corrected chi connectivity index (χ3v) is 3.46. The predicted molar refractivity (Wildman–Crippen MR) is 78.0 cm³/mol. The summed E-state index contributed by atoms with van der Waals surface area (Å²) in [5, 5.41) is 0. The molecule has 0 spiro atoms. The highest BCUT2D eigenvalue weighted by Gasteiger charge is 2.22. The van der Waals surface area contributed by atoms with Gasteiger partial charge in [0.1, 0.15) is 6.61 Å². The van der Waals surface area contributed by atoms with Crippen LogP contribution in [0, 0.1) is 5.92 Å². The van der Waals surface area contributed by atoms with Crippen LogP contribution in [0.2, 0.25) is 0 Å². The molecule has 0 saturated heterocycles. The van der Waals surface area contributed by atoms with E-state index in [4.69, 9.17) is 44.3 Å². The first-order valence-corrected chi connectivity index (χ1v) is 7.88. The molecule has 0 amide bonds. The maximum absolute atomic E-state index is 11.5. The van der Waals surface area contributed by atoms with Gasteiger partial charge in [0.15, 0.2) is 0 Å². The average Bonchev–Trinajstić information content (AvgIpc) is 2.41. The van der Waals surface area contributed by atoms with Gasteiger partial charge in [0.25, 0.3) is 0 Å². The first-order chi connectivity index (χ1) is 9.37. The van der Waals surface area contributed by atoms with E-state index in [1.54, 1.807) is 0 Å². The van der Waals surface area contributed by atoms with E-state index in [-0.39, 0.29) is 25.4 Å². The molecule has 1 saturated carbocycles. The first-order valence-electron chi connectivity index (χ1n) is 6.75. The largest absolute Gasteiger partial charge is 0.465 e. The molecule has 0 N–H and O–H groups in total. The number of rotatable bonds is 6. The summed E-state index contributed by atoms with van der Waals surface area (Å²) >= 11 is 16.3. The van der Waals surface area contributed by atoms with Gasteiger partial charge in [-0.2, -0.15) is 0 Å². The highest BCUT2D eigenvalue weighted by atomic mass is 35.6. The van der Waals surface area contributed by atoms with E-state index in [2.05, 4.69) is 0 Å². The number of carbonyl (C=O) groups excluding carboxylic acids is 2. The lowest BCUT2D eigenvalue weighted by Gasteiger charge is -2.20. The van der Waals surface area contributed by atoms with Crippen LogP contribution in [0.25, 0.3) is 0 Å². The van der Waals surface area contributed by atoms with Crippen molar-refractivity contribution in [3.8, 4) is 0 Å². The minimum Gasteiger partial charge on any atom is -0.465 e. The third kappa shape index (κ3) is 8.88. The molecule has 0 unspecified atom stereocenters. The Kier molecular flexibility index (Phi) is 8.00. The molecule has 0 aliphatic heterocycles. The Morgan fingerprint density at radius 1 is 0.950 bits per heavy atom. The van der Waals surface area contributed by atoms with Gasteiger partial charge in [-0.3, -0.25) is 9.59 Å². The Labute approximate surface area is 134 Å². The molecule has 4 nitrogen and oxygen atoms in total. The van der Waals surface area contributed by atoms with Crippen molar-refractivity contribution in [2.24, 2.45) is 5.92 Å². The second-order valence-electron chi connectivity index (χ2n) is 4.96. The van der Waals surface area contributed by atoms with Crippen LogP contribution in [0.15, 0.2) is 0 Å². The van der Waals surface area contributed by atoms with E-state index in [1.807, 2.05) is 0 Å². The molecule has 0 aromatic rings. The van der Waals surface area contributed by atoms with E-state index in [0.29, 0.717) is 12.5 Å². The fourth-order valence-electron chi connectivity index (χ4n) is 2.08. The van der Waals surface area contributed by atoms with E-state index in [9.17, 15) is 9.59 Å². The van der Waals surface area contributed by atoms with Crippen molar-refractivity contribution in [3.05, 3.63) is 0 Å². The quantitative estimate of drug-likeness (QED) is 0.542. The van der Waals surface area contributed by atoms with Gasteiger partial charge in [-0.1, -0.05) is 54.1 Å². The second kappa shape index (κ2) is 8.96. The van der Waals surface area contributed by atoms with Crippen molar-refractivity contribution in [2.75, 3.05) is 13.2 Å². The van der Waals surface area contributed by atoms with Gasteiger partial charge in [0, 0.05) is 0 Å². The van der Waals surface area contributed by atoms with Gasteiger partial charge >= 0.3 is 11.9 Å². The van der Waals surface area contributed by atoms with Crippen LogP contribution in [0.5, 0.6) is 0 Å². The van der Waals surface area contributed by atoms with Gasteiger partial charge in [-0.05, 0) is 18.8 Å². The number of carbonyl (C=O) groups is 2. The van der Waals surface area contributed by atoms with E-state index < -0.39 is 9.76 Å². The Morgan fingerprint density at radius 2 is 1.50 bits per heavy atom. The third-order valence-electron chi connectivity index (χ3n) is 3.13. The number of halogens is 3. The summed E-state index contributed by atoms with van der Waals surface area (Å²) in [5.74, 6) is -0.503. The molecular weight excluding hydrogens is 326 g/mol. The fraction of sp³-hybridized carbons (Fsp3) is 0.846. The molecule has 116 valence electrons. The van der Waals surface area contributed by atoms with Crippen molar-refractivity contribution in [1.29, 1.82) is 0 Å². The van der Waals surface area contributed by atoms with Crippen LogP contribution in [-0.4, -0.2) is 28.9 Å². The molecule has 0 bridgehead atoms. The number of hydrogen-bond donors (Lipinski definition) is 0. The topological polar surface area (TPSA) is 52.6 Å². The van der Waals surface area contributed by atoms with Gasteiger partial charge < -0.3 is 9.47 Å². The van der Waals surface area contributed by atoms with E-state index in [1.165, 1.54) is 19.3 Å². The van der Waals surface area contributed by atoms with Crippen LogP contribution < -0.4 is 0 Å². The molecule has 0 heterocycles. The summed E-state index contributed by atoms with van der Waals surface area (Å²) in [5.41, 5.74) is 0. The molecule has 0 radical (unpaired) electrons. The van der Waals surface area contributed by atoms with Gasteiger partial charge in [-0.25, -0.2) is 0 Å². The van der Waals surface area contributed by atoms with E-state index in [0.717, 1.165) is 12.8 Å². The number of esters is 2. The molecule has 1 aliphatic rings. The normalized spacial score (nSPS) is 16.8. The molecule has 20 heavy (non-hydrogen) atoms. The summed E-state index contributed by atoms with van der Waals surface area (Å²) < 4.78 is 8.23. The van der Waals surface area contributed by atoms with Crippen molar-refractivity contribution in [1.82, 2.24) is 0 Å². The molecule has 1 fully saturated rings. The van der Waals surface area contributed by atoms with Gasteiger partial charge in [-0.15, -0.1) is 0 Å². The van der Waals surface area contributed by atoms with Crippen LogP contribution in [-0.2, 0) is 19.1 Å². The molecule has 1 aliphatic carbocycles. The number of hydrogen-bond acceptors (Lipinski definition) is 4. The van der Waals surface area contributed by atoms with Crippen molar-refractivity contribution in [3.63, 3.8) is 0 Å². The van der Waals surface area contributed by atoms with Gasteiger partial charge in [0.2, 0.25) is 3.79 Å². The Bertz CT molecular complexity index is 322. The van der Waals surface area contributed by atoms with Gasteiger partial charge in [0.05, 0.1) is 19.4 Å². The zero-order valence-corrected chi connectivity index (χ0v) is 13.5. The van der Waals surface area contributed by atoms with Crippen molar-refractivity contribution in [2.45, 2.75) is 48.7 Å². The Morgan fingerprint density at radius 3 is 2.05 bits per heavy atom. The SMILES string of the molecule is O=C(CCC(=O)OCC(Cl)(Cl)Cl)OCC1CCCCC1. The lowest BCUT2D eigenvalue weighted by atomic mass is 9.90. The Balaban J connectivity index is 2.08. The van der Waals surface area contributed by atoms with Crippen LogP contribution >= 0.6 is 34.8 Å². The summed E-state index contributed by atoms with van der Waals surface area (Å²) in [6.07, 6.45) is 5.81. The number of ether oxygens (including phenoxy) is 2. The minimum atomic E-state index is -1.63. The fourth-order valence-corrected chi connectivity index (χ4v) is 2.24. The predicted octanol–water partition coefficient (Wildman–Crippen LogP) is 3.80. The minimum absolute atomic E-state index is 0.00852. The first kappa shape index (κ1) is 17.9. The van der Waals surface area contributed by atoms with E-state index >= 15 is 0 Å². The highest BCUT2D eigenvalue weighted by Crippen LogP contribution is 2.26. The lowest BCUT2D eigenvalue weighted by Crippen LogP contribution is -2.19. The second-order valence-corrected chi connectivity index (χ2v) is 7.48. The average molecular weight is 346 g/mol. The Hall–Kier alpha value is -0.190. The zero-order chi connectivity index (χ0) is 15.0. The summed E-state index contributed by atoms with van der Waals surface area (Å²) in [6.45, 7) is 0.121. The summed E-state index contributed by atoms with van der Waals surface area (Å²) in [6, 6.07) is 0. The number of alkyl halides is 3. The smallest absolute Gasteiger partial charge is 0.306 e. The monoisotopic (exact) mass is 344 g/mol. The molecular formula is C13H19Cl3O4. The standard InChI is InChI=1S/C13H19Cl3O4/c14-13(15,16)9-20-12(18)7-6-11(17)19-8-10-4-2-1-3-5-10/h10H,1-9H2. The molecule has 0 aromatic heterocycles. The molecule has 1 rings (SSSR count). The summed E-state index contributed by atoms with van der Waals surface area (Å²) in [7, 11) is 0. The molecule has 0 atom stereocenters. The van der Waals surface area contributed by atoms with Crippen molar-refractivity contribution >= 4 is 46.7 Å². The maximum Gasteiger partial charge on any atom is 0.306 e.